The van der Waals surface area contributed by atoms with E-state index in [0.717, 1.165) is 59.2 Å². The fourth-order valence-electron chi connectivity index (χ4n) is 4.37. The maximum Gasteiger partial charge on any atom is 0.233 e. The van der Waals surface area contributed by atoms with Crippen molar-refractivity contribution in [1.29, 1.82) is 5.26 Å². The summed E-state index contributed by atoms with van der Waals surface area (Å²) in [7, 11) is 3.16. The van der Waals surface area contributed by atoms with E-state index in [0.29, 0.717) is 22.9 Å². The van der Waals surface area contributed by atoms with E-state index < -0.39 is 0 Å². The number of aromatic nitrogens is 3. The van der Waals surface area contributed by atoms with Gasteiger partial charge in [0.1, 0.15) is 6.10 Å². The van der Waals surface area contributed by atoms with Crippen LogP contribution in [-0.2, 0) is 0 Å². The van der Waals surface area contributed by atoms with Crippen molar-refractivity contribution in [2.24, 2.45) is 0 Å². The van der Waals surface area contributed by atoms with Crippen molar-refractivity contribution in [2.45, 2.75) is 18.9 Å². The fourth-order valence-corrected chi connectivity index (χ4v) is 4.37. The summed E-state index contributed by atoms with van der Waals surface area (Å²) in [6.07, 6.45) is 7.51. The zero-order chi connectivity index (χ0) is 23.5. The Morgan fingerprint density at radius 1 is 1.09 bits per heavy atom. The highest BCUT2D eigenvalue weighted by atomic mass is 16.5. The first-order valence-electron chi connectivity index (χ1n) is 11.2. The predicted molar refractivity (Wildman–Crippen MR) is 129 cm³/mol. The molecule has 0 radical (unpaired) electrons. The minimum atomic E-state index is 0.0997. The molecule has 1 atom stereocenters. The van der Waals surface area contributed by atoms with E-state index in [1.807, 2.05) is 18.3 Å². The third kappa shape index (κ3) is 4.14. The van der Waals surface area contributed by atoms with Crippen LogP contribution in [0.25, 0.3) is 33.3 Å². The molecule has 0 amide bonds. The van der Waals surface area contributed by atoms with Crippen molar-refractivity contribution in [3.8, 4) is 45.8 Å². The average Bonchev–Trinajstić information content (AvgIpc) is 3.32. The fraction of sp³-hybridized carbons (Fsp3) is 0.269. The van der Waals surface area contributed by atoms with Gasteiger partial charge < -0.3 is 24.5 Å². The molecule has 34 heavy (non-hydrogen) atoms. The van der Waals surface area contributed by atoms with Crippen molar-refractivity contribution in [3.63, 3.8) is 0 Å². The summed E-state index contributed by atoms with van der Waals surface area (Å²) in [6, 6.07) is 11.7. The number of H-pyrrole nitrogens is 1. The highest BCUT2D eigenvalue weighted by Crippen LogP contribution is 2.41. The Labute approximate surface area is 197 Å². The summed E-state index contributed by atoms with van der Waals surface area (Å²) < 4.78 is 17.2. The minimum absolute atomic E-state index is 0.0997. The van der Waals surface area contributed by atoms with Gasteiger partial charge in [-0.25, -0.2) is 4.98 Å². The number of nitrogens with zero attached hydrogens (tertiary/aromatic N) is 3. The molecule has 3 heterocycles. The number of aromatic amines is 1. The summed E-state index contributed by atoms with van der Waals surface area (Å²) in [5, 5.41) is 13.8. The smallest absolute Gasteiger partial charge is 0.233 e. The predicted octanol–water partition coefficient (Wildman–Crippen LogP) is 4.31. The van der Waals surface area contributed by atoms with Crippen LogP contribution in [0, 0.1) is 11.3 Å². The molecule has 4 aromatic rings. The number of hydrogen-bond acceptors (Lipinski definition) is 7. The Hall–Kier alpha value is -4.09. The van der Waals surface area contributed by atoms with E-state index in [2.05, 4.69) is 27.4 Å². The number of hydrogen-bond donors (Lipinski definition) is 2. The molecule has 0 spiro atoms. The Morgan fingerprint density at radius 2 is 2.00 bits per heavy atom. The van der Waals surface area contributed by atoms with E-state index >= 15 is 0 Å². The first-order chi connectivity index (χ1) is 16.7. The van der Waals surface area contributed by atoms with Crippen LogP contribution in [0.5, 0.6) is 17.4 Å². The van der Waals surface area contributed by atoms with Crippen LogP contribution in [0.3, 0.4) is 0 Å². The van der Waals surface area contributed by atoms with Crippen LogP contribution >= 0.6 is 0 Å². The van der Waals surface area contributed by atoms with Gasteiger partial charge in [-0.15, -0.1) is 0 Å². The Morgan fingerprint density at radius 3 is 2.76 bits per heavy atom. The Balaban J connectivity index is 1.55. The molecule has 1 aliphatic heterocycles. The lowest BCUT2D eigenvalue weighted by Gasteiger charge is -2.23. The van der Waals surface area contributed by atoms with Crippen LogP contribution in [0.2, 0.25) is 0 Å². The largest absolute Gasteiger partial charge is 0.493 e. The number of fused-ring (bicyclic) bond motifs is 1. The highest BCUT2D eigenvalue weighted by molar-refractivity contribution is 5.97. The van der Waals surface area contributed by atoms with Crippen molar-refractivity contribution >= 4 is 10.9 Å². The van der Waals surface area contributed by atoms with Crippen LogP contribution in [0.15, 0.2) is 48.9 Å². The minimum Gasteiger partial charge on any atom is -0.493 e. The van der Waals surface area contributed by atoms with E-state index in [4.69, 9.17) is 19.2 Å². The summed E-state index contributed by atoms with van der Waals surface area (Å²) in [5.41, 5.74) is 4.77. The summed E-state index contributed by atoms with van der Waals surface area (Å²) in [6.45, 7) is 1.84. The molecule has 1 fully saturated rings. The molecule has 0 aliphatic carbocycles. The van der Waals surface area contributed by atoms with Gasteiger partial charge in [0.2, 0.25) is 5.88 Å². The molecule has 1 aliphatic rings. The van der Waals surface area contributed by atoms with Crippen molar-refractivity contribution in [3.05, 3.63) is 54.5 Å². The lowest BCUT2D eigenvalue weighted by atomic mass is 9.99. The van der Waals surface area contributed by atoms with Crippen LogP contribution in [0.1, 0.15) is 18.4 Å². The molecule has 2 N–H and O–H groups in total. The number of piperidine rings is 1. The van der Waals surface area contributed by atoms with Gasteiger partial charge >= 0.3 is 0 Å². The molecule has 8 heteroatoms. The monoisotopic (exact) mass is 455 g/mol. The number of rotatable bonds is 6. The summed E-state index contributed by atoms with van der Waals surface area (Å²) in [5.74, 6) is 1.61. The standard InChI is InChI=1S/C26H25N5O3/c1-32-24-9-16(11-27)8-19(26(24)33-2)17-5-6-22-20(10-17)21(13-30-22)23-14-29-15-25(31-23)34-18-4-3-7-28-12-18/h5-6,8-10,13-15,18,28,30H,3-4,7,12H2,1-2H3/t18-/m1/s1. The van der Waals surface area contributed by atoms with Gasteiger partial charge in [0, 0.05) is 40.8 Å². The Bertz CT molecular complexity index is 1370. The van der Waals surface area contributed by atoms with Gasteiger partial charge in [-0.2, -0.15) is 5.26 Å². The van der Waals surface area contributed by atoms with Crippen molar-refractivity contribution in [1.82, 2.24) is 20.3 Å². The van der Waals surface area contributed by atoms with Gasteiger partial charge in [0.25, 0.3) is 0 Å². The second kappa shape index (κ2) is 9.41. The molecule has 2 aromatic carbocycles. The van der Waals surface area contributed by atoms with Gasteiger partial charge in [0.05, 0.1) is 43.9 Å². The first-order valence-corrected chi connectivity index (χ1v) is 11.2. The van der Waals surface area contributed by atoms with E-state index in [1.54, 1.807) is 38.7 Å². The third-order valence-corrected chi connectivity index (χ3v) is 6.03. The molecule has 0 unspecified atom stereocenters. The number of nitriles is 1. The van der Waals surface area contributed by atoms with E-state index in [-0.39, 0.29) is 6.10 Å². The van der Waals surface area contributed by atoms with Crippen molar-refractivity contribution < 1.29 is 14.2 Å². The highest BCUT2D eigenvalue weighted by Gasteiger charge is 2.18. The van der Waals surface area contributed by atoms with Gasteiger partial charge in [-0.05, 0) is 43.1 Å². The number of benzene rings is 2. The normalized spacial score (nSPS) is 15.6. The molecule has 5 rings (SSSR count). The van der Waals surface area contributed by atoms with E-state index in [1.165, 1.54) is 0 Å². The molecular weight excluding hydrogens is 430 g/mol. The topological polar surface area (TPSA) is 105 Å². The molecule has 0 saturated carbocycles. The molecule has 0 bridgehead atoms. The quantitative estimate of drug-likeness (QED) is 0.446. The molecule has 8 nitrogen and oxygen atoms in total. The number of ether oxygens (including phenoxy) is 3. The van der Waals surface area contributed by atoms with Crippen molar-refractivity contribution in [2.75, 3.05) is 27.3 Å². The van der Waals surface area contributed by atoms with Crippen LogP contribution in [-0.4, -0.2) is 48.4 Å². The van der Waals surface area contributed by atoms with Crippen LogP contribution in [0.4, 0.5) is 0 Å². The maximum atomic E-state index is 9.49. The Kier molecular flexibility index (Phi) is 6.02. The van der Waals surface area contributed by atoms with Gasteiger partial charge in [0.15, 0.2) is 11.5 Å². The number of nitrogens with one attached hydrogen (secondary N) is 2. The molecule has 172 valence electrons. The number of methoxy groups -OCH3 is 2. The third-order valence-electron chi connectivity index (χ3n) is 6.03. The zero-order valence-corrected chi connectivity index (χ0v) is 19.1. The lowest BCUT2D eigenvalue weighted by molar-refractivity contribution is 0.160. The first kappa shape index (κ1) is 21.7. The van der Waals surface area contributed by atoms with Gasteiger partial charge in [-0.3, -0.25) is 4.98 Å². The maximum absolute atomic E-state index is 9.49. The summed E-state index contributed by atoms with van der Waals surface area (Å²) >= 11 is 0. The average molecular weight is 456 g/mol. The molecule has 1 saturated heterocycles. The molecule has 2 aromatic heterocycles. The van der Waals surface area contributed by atoms with Crippen LogP contribution < -0.4 is 19.5 Å². The second-order valence-corrected chi connectivity index (χ2v) is 8.16. The molecular formula is C26H25N5O3. The SMILES string of the molecule is COc1cc(C#N)cc(-c2ccc3[nH]cc(-c4cncc(O[C@@H]5CCCNC5)n4)c3c2)c1OC. The van der Waals surface area contributed by atoms with Gasteiger partial charge in [-0.1, -0.05) is 6.07 Å². The van der Waals surface area contributed by atoms with E-state index in [9.17, 15) is 5.26 Å². The zero-order valence-electron chi connectivity index (χ0n) is 19.1. The second-order valence-electron chi connectivity index (χ2n) is 8.16. The lowest BCUT2D eigenvalue weighted by Crippen LogP contribution is -2.37. The summed E-state index contributed by atoms with van der Waals surface area (Å²) in [4.78, 5) is 12.4.